The van der Waals surface area contributed by atoms with E-state index in [0.717, 1.165) is 5.56 Å². The first kappa shape index (κ1) is 24.2. The van der Waals surface area contributed by atoms with Gasteiger partial charge in [0.05, 0.1) is 45.0 Å². The molecular formula is C27H29NO7. The summed E-state index contributed by atoms with van der Waals surface area (Å²) in [4.78, 5) is 26.5. The molecule has 0 radical (unpaired) electrons. The fraction of sp³-hybridized carbons (Fsp3) is 0.333. The maximum atomic E-state index is 13.5. The summed E-state index contributed by atoms with van der Waals surface area (Å²) in [5.74, 6) is 0.00246. The molecule has 2 aromatic rings. The maximum absolute atomic E-state index is 13.5. The highest BCUT2D eigenvalue weighted by molar-refractivity contribution is 6.00. The van der Waals surface area contributed by atoms with Gasteiger partial charge in [-0.05, 0) is 37.6 Å². The number of ether oxygens (including phenoxy) is 5. The molecule has 2 aromatic carbocycles. The molecule has 0 aliphatic carbocycles. The maximum Gasteiger partial charge on any atom is 0.337 e. The van der Waals surface area contributed by atoms with E-state index in [9.17, 15) is 9.59 Å². The van der Waals surface area contributed by atoms with Crippen LogP contribution in [0.5, 0.6) is 17.2 Å². The molecule has 0 fully saturated rings. The Morgan fingerprint density at radius 1 is 1.03 bits per heavy atom. The molecule has 2 unspecified atom stereocenters. The van der Waals surface area contributed by atoms with Crippen molar-refractivity contribution in [1.82, 2.24) is 5.32 Å². The van der Waals surface area contributed by atoms with Crippen molar-refractivity contribution in [2.45, 2.75) is 32.3 Å². The minimum absolute atomic E-state index is 0.214. The second-order valence-electron chi connectivity index (χ2n) is 8.16. The van der Waals surface area contributed by atoms with Crippen LogP contribution in [-0.2, 0) is 19.1 Å². The molecule has 0 saturated carbocycles. The highest BCUT2D eigenvalue weighted by Crippen LogP contribution is 2.47. The summed E-state index contributed by atoms with van der Waals surface area (Å²) < 4.78 is 27.6. The van der Waals surface area contributed by atoms with E-state index in [1.807, 2.05) is 31.2 Å². The molecule has 184 valence electrons. The molecule has 0 amide bonds. The Hall–Kier alpha value is -3.94. The number of dihydropyridines is 1. The average Bonchev–Trinajstić information content (AvgIpc) is 2.87. The number of cyclic esters (lactones) is 1. The van der Waals surface area contributed by atoms with E-state index >= 15 is 0 Å². The number of hydrogen-bond donors (Lipinski definition) is 1. The van der Waals surface area contributed by atoms with Gasteiger partial charge in [0, 0.05) is 23.4 Å². The van der Waals surface area contributed by atoms with Crippen LogP contribution in [0.25, 0.3) is 0 Å². The number of para-hydroxylation sites is 1. The SMILES string of the molecule is CCOC(=O)C1=C(C)NC2=C(C(=O)OC(c3ccc(OC)c(OC)c3)C2)C1c1ccccc1OC. The molecule has 0 saturated heterocycles. The number of benzene rings is 2. The molecule has 0 spiro atoms. The quantitative estimate of drug-likeness (QED) is 0.592. The topological polar surface area (TPSA) is 92.3 Å². The summed E-state index contributed by atoms with van der Waals surface area (Å²) in [5, 5.41) is 3.29. The number of nitrogens with one attached hydrogen (secondary N) is 1. The largest absolute Gasteiger partial charge is 0.496 e. The Morgan fingerprint density at radius 3 is 2.43 bits per heavy atom. The van der Waals surface area contributed by atoms with Crippen molar-refractivity contribution >= 4 is 11.9 Å². The van der Waals surface area contributed by atoms with E-state index in [-0.39, 0.29) is 6.61 Å². The fourth-order valence-corrected chi connectivity index (χ4v) is 4.65. The normalized spacial score (nSPS) is 19.4. The number of rotatable bonds is 7. The monoisotopic (exact) mass is 479 g/mol. The zero-order chi connectivity index (χ0) is 25.1. The number of esters is 2. The van der Waals surface area contributed by atoms with E-state index in [1.54, 1.807) is 46.5 Å². The molecule has 2 heterocycles. The molecule has 35 heavy (non-hydrogen) atoms. The molecule has 8 nitrogen and oxygen atoms in total. The minimum Gasteiger partial charge on any atom is -0.496 e. The predicted octanol–water partition coefficient (Wildman–Crippen LogP) is 4.18. The Kier molecular flexibility index (Phi) is 7.00. The molecule has 0 aromatic heterocycles. The van der Waals surface area contributed by atoms with Crippen LogP contribution >= 0.6 is 0 Å². The first-order valence-corrected chi connectivity index (χ1v) is 11.4. The Morgan fingerprint density at radius 2 is 1.74 bits per heavy atom. The number of carbonyl (C=O) groups excluding carboxylic acids is 2. The Balaban J connectivity index is 1.80. The van der Waals surface area contributed by atoms with E-state index in [4.69, 9.17) is 23.7 Å². The molecular weight excluding hydrogens is 450 g/mol. The Labute approximate surface area is 204 Å². The summed E-state index contributed by atoms with van der Waals surface area (Å²) in [6.07, 6.45) is -0.140. The van der Waals surface area contributed by atoms with Crippen LogP contribution in [0, 0.1) is 0 Å². The molecule has 1 N–H and O–H groups in total. The first-order valence-electron chi connectivity index (χ1n) is 11.4. The van der Waals surface area contributed by atoms with Gasteiger partial charge in [-0.25, -0.2) is 9.59 Å². The van der Waals surface area contributed by atoms with Crippen LogP contribution in [0.4, 0.5) is 0 Å². The van der Waals surface area contributed by atoms with Gasteiger partial charge in [0.2, 0.25) is 0 Å². The molecule has 0 bridgehead atoms. The van der Waals surface area contributed by atoms with Crippen molar-refractivity contribution in [2.24, 2.45) is 0 Å². The van der Waals surface area contributed by atoms with Crippen LogP contribution < -0.4 is 19.5 Å². The van der Waals surface area contributed by atoms with Crippen molar-refractivity contribution in [3.05, 3.63) is 76.1 Å². The smallest absolute Gasteiger partial charge is 0.337 e. The second kappa shape index (κ2) is 10.1. The van der Waals surface area contributed by atoms with Gasteiger partial charge < -0.3 is 29.0 Å². The minimum atomic E-state index is -0.694. The predicted molar refractivity (Wildman–Crippen MR) is 128 cm³/mol. The summed E-state index contributed by atoms with van der Waals surface area (Å²) in [6, 6.07) is 12.8. The number of allylic oxidation sites excluding steroid dienone is 1. The van der Waals surface area contributed by atoms with Gasteiger partial charge in [-0.2, -0.15) is 0 Å². The summed E-state index contributed by atoms with van der Waals surface area (Å²) >= 11 is 0. The lowest BCUT2D eigenvalue weighted by molar-refractivity contribution is -0.146. The van der Waals surface area contributed by atoms with Gasteiger partial charge in [-0.15, -0.1) is 0 Å². The van der Waals surface area contributed by atoms with E-state index < -0.39 is 24.0 Å². The summed E-state index contributed by atoms with van der Waals surface area (Å²) in [7, 11) is 4.68. The third-order valence-electron chi connectivity index (χ3n) is 6.23. The van der Waals surface area contributed by atoms with Gasteiger partial charge in [-0.1, -0.05) is 24.3 Å². The van der Waals surface area contributed by atoms with Gasteiger partial charge >= 0.3 is 11.9 Å². The van der Waals surface area contributed by atoms with E-state index in [0.29, 0.717) is 51.8 Å². The molecule has 8 heteroatoms. The van der Waals surface area contributed by atoms with Crippen molar-refractivity contribution in [3.8, 4) is 17.2 Å². The molecule has 4 rings (SSSR count). The third-order valence-corrected chi connectivity index (χ3v) is 6.23. The zero-order valence-electron chi connectivity index (χ0n) is 20.5. The van der Waals surface area contributed by atoms with Crippen LogP contribution in [0.2, 0.25) is 0 Å². The van der Waals surface area contributed by atoms with E-state index in [2.05, 4.69) is 5.32 Å². The molecule has 2 atom stereocenters. The molecule has 2 aliphatic rings. The second-order valence-corrected chi connectivity index (χ2v) is 8.16. The van der Waals surface area contributed by atoms with Gasteiger partial charge in [0.25, 0.3) is 0 Å². The number of carbonyl (C=O) groups is 2. The lowest BCUT2D eigenvalue weighted by Gasteiger charge is -2.36. The van der Waals surface area contributed by atoms with Gasteiger partial charge in [0.15, 0.2) is 11.5 Å². The lowest BCUT2D eigenvalue weighted by Crippen LogP contribution is -2.37. The fourth-order valence-electron chi connectivity index (χ4n) is 4.65. The standard InChI is InChI=1S/C27H29NO7/c1-6-34-26(29)23-15(2)28-18-14-21(16-11-12-20(32-4)22(13-16)33-5)35-27(30)25(18)24(23)17-9-7-8-10-19(17)31-3/h7-13,21,24,28H,6,14H2,1-5H3. The highest BCUT2D eigenvalue weighted by atomic mass is 16.5. The third kappa shape index (κ3) is 4.43. The summed E-state index contributed by atoms with van der Waals surface area (Å²) in [6.45, 7) is 3.77. The average molecular weight is 480 g/mol. The van der Waals surface area contributed by atoms with E-state index in [1.165, 1.54) is 0 Å². The lowest BCUT2D eigenvalue weighted by atomic mass is 9.78. The van der Waals surface area contributed by atoms with Crippen LogP contribution in [0.3, 0.4) is 0 Å². The number of methoxy groups -OCH3 is 3. The van der Waals surface area contributed by atoms with Crippen molar-refractivity contribution in [1.29, 1.82) is 0 Å². The van der Waals surface area contributed by atoms with Crippen LogP contribution in [-0.4, -0.2) is 39.9 Å². The zero-order valence-corrected chi connectivity index (χ0v) is 20.5. The van der Waals surface area contributed by atoms with Gasteiger partial charge in [0.1, 0.15) is 11.9 Å². The highest BCUT2D eigenvalue weighted by Gasteiger charge is 2.43. The van der Waals surface area contributed by atoms with Crippen molar-refractivity contribution in [3.63, 3.8) is 0 Å². The number of hydrogen-bond acceptors (Lipinski definition) is 8. The van der Waals surface area contributed by atoms with Crippen molar-refractivity contribution < 1.29 is 33.3 Å². The molecule has 2 aliphatic heterocycles. The van der Waals surface area contributed by atoms with Crippen LogP contribution in [0.15, 0.2) is 65.0 Å². The summed E-state index contributed by atoms with van der Waals surface area (Å²) in [5.41, 5.74) is 3.52. The van der Waals surface area contributed by atoms with Gasteiger partial charge in [-0.3, -0.25) is 0 Å². The Bertz CT molecular complexity index is 1210. The van der Waals surface area contributed by atoms with Crippen LogP contribution in [0.1, 0.15) is 43.4 Å². The van der Waals surface area contributed by atoms with Crippen molar-refractivity contribution in [2.75, 3.05) is 27.9 Å². The first-order chi connectivity index (χ1) is 16.9.